The van der Waals surface area contributed by atoms with Crippen LogP contribution < -0.4 is 0 Å². The molecule has 0 aliphatic heterocycles. The summed E-state index contributed by atoms with van der Waals surface area (Å²) in [5.74, 6) is -1.10. The fourth-order valence-electron chi connectivity index (χ4n) is 0.809. The quantitative estimate of drug-likeness (QED) is 0.418. The fourth-order valence-corrected chi connectivity index (χ4v) is 0.809. The zero-order valence-electron chi connectivity index (χ0n) is 7.32. The molecule has 0 atom stereocenters. The van der Waals surface area contributed by atoms with Gasteiger partial charge in [-0.3, -0.25) is 4.79 Å². The molecule has 15 heavy (non-hydrogen) atoms. The standard InChI is InChI=1S/C10H10O3.K.Li.2H/c1-2-9(11)13-10(12)8-6-4-3-5-7-8;;;;/h3-7H,2H2,1H3;;;;. The Morgan fingerprint density at radius 2 is 1.73 bits per heavy atom. The molecule has 0 aliphatic carbocycles. The monoisotopic (exact) mass is 226 g/mol. The van der Waals surface area contributed by atoms with Crippen molar-refractivity contribution in [2.24, 2.45) is 0 Å². The second kappa shape index (κ2) is 9.79. The minimum atomic E-state index is -0.590. The third-order valence-corrected chi connectivity index (χ3v) is 1.50. The van der Waals surface area contributed by atoms with Crippen molar-refractivity contribution in [3.05, 3.63) is 35.9 Å². The van der Waals surface area contributed by atoms with Gasteiger partial charge in [-0.05, 0) is 12.1 Å². The van der Waals surface area contributed by atoms with E-state index in [-0.39, 0.29) is 76.7 Å². The molecular weight excluding hydrogens is 214 g/mol. The van der Waals surface area contributed by atoms with Crippen LogP contribution in [0.25, 0.3) is 0 Å². The molecule has 1 aromatic carbocycles. The number of carbonyl (C=O) groups excluding carboxylic acids is 2. The molecule has 0 amide bonds. The third-order valence-electron chi connectivity index (χ3n) is 1.50. The molecular formula is C10H12KLiO3. The normalized spacial score (nSPS) is 8.07. The Morgan fingerprint density at radius 3 is 2.20 bits per heavy atom. The molecule has 0 unspecified atom stereocenters. The van der Waals surface area contributed by atoms with Gasteiger partial charge in [0, 0.05) is 6.42 Å². The van der Waals surface area contributed by atoms with Crippen LogP contribution in [-0.2, 0) is 9.53 Å². The van der Waals surface area contributed by atoms with Crippen molar-refractivity contribution in [2.75, 3.05) is 0 Å². The van der Waals surface area contributed by atoms with E-state index in [1.165, 1.54) is 0 Å². The molecule has 5 heteroatoms. The Bertz CT molecular complexity index is 314. The minimum absolute atomic E-state index is 0. The predicted molar refractivity (Wildman–Crippen MR) is 61.5 cm³/mol. The van der Waals surface area contributed by atoms with Gasteiger partial charge >= 0.3 is 82.2 Å². The Hall–Kier alpha value is 0.594. The molecule has 1 rings (SSSR count). The summed E-state index contributed by atoms with van der Waals surface area (Å²) in [5.41, 5.74) is 0.393. The molecule has 0 bridgehead atoms. The van der Waals surface area contributed by atoms with Crippen molar-refractivity contribution < 1.29 is 14.3 Å². The summed E-state index contributed by atoms with van der Waals surface area (Å²) in [4.78, 5) is 21.9. The van der Waals surface area contributed by atoms with Crippen molar-refractivity contribution in [1.82, 2.24) is 0 Å². The number of ether oxygens (including phenoxy) is 1. The molecule has 0 radical (unpaired) electrons. The van der Waals surface area contributed by atoms with Crippen LogP contribution >= 0.6 is 0 Å². The number of rotatable bonds is 2. The average Bonchev–Trinajstić information content (AvgIpc) is 2.19. The van der Waals surface area contributed by atoms with E-state index in [2.05, 4.69) is 4.74 Å². The summed E-state index contributed by atoms with van der Waals surface area (Å²) < 4.78 is 4.51. The molecule has 0 spiro atoms. The van der Waals surface area contributed by atoms with Gasteiger partial charge in [-0.15, -0.1) is 0 Å². The van der Waals surface area contributed by atoms with E-state index >= 15 is 0 Å². The van der Waals surface area contributed by atoms with Gasteiger partial charge in [-0.1, -0.05) is 25.1 Å². The van der Waals surface area contributed by atoms with E-state index in [4.69, 9.17) is 0 Å². The number of carbonyl (C=O) groups is 2. The summed E-state index contributed by atoms with van der Waals surface area (Å²) in [7, 11) is 0. The Labute approximate surface area is 144 Å². The zero-order valence-corrected chi connectivity index (χ0v) is 7.32. The maximum absolute atomic E-state index is 11.2. The number of hydrogen-bond donors (Lipinski definition) is 0. The maximum atomic E-state index is 11.2. The van der Waals surface area contributed by atoms with Crippen LogP contribution in [0.4, 0.5) is 0 Å². The van der Waals surface area contributed by atoms with E-state index in [1.54, 1.807) is 37.3 Å². The first-order valence-corrected chi connectivity index (χ1v) is 4.04. The van der Waals surface area contributed by atoms with E-state index < -0.39 is 11.9 Å². The van der Waals surface area contributed by atoms with Gasteiger partial charge in [-0.25, -0.2) is 4.79 Å². The third kappa shape index (κ3) is 6.69. The number of hydrogen-bond acceptors (Lipinski definition) is 3. The van der Waals surface area contributed by atoms with Crippen molar-refractivity contribution >= 4 is 82.2 Å². The topological polar surface area (TPSA) is 43.4 Å². The molecule has 0 heterocycles. The van der Waals surface area contributed by atoms with Crippen LogP contribution in [0.3, 0.4) is 0 Å². The SMILES string of the molecule is CCC(=O)OC(=O)c1ccccc1.[KH].[LiH]. The van der Waals surface area contributed by atoms with Gasteiger partial charge in [-0.2, -0.15) is 0 Å². The van der Waals surface area contributed by atoms with Crippen molar-refractivity contribution in [3.63, 3.8) is 0 Å². The molecule has 0 aliphatic rings. The molecule has 0 aromatic heterocycles. The summed E-state index contributed by atoms with van der Waals surface area (Å²) in [6, 6.07) is 8.43. The van der Waals surface area contributed by atoms with Crippen molar-refractivity contribution in [3.8, 4) is 0 Å². The number of esters is 2. The van der Waals surface area contributed by atoms with Crippen LogP contribution in [0.5, 0.6) is 0 Å². The van der Waals surface area contributed by atoms with Gasteiger partial charge in [0.05, 0.1) is 5.56 Å². The first kappa shape index (κ1) is 18.0. The fraction of sp³-hybridized carbons (Fsp3) is 0.200. The van der Waals surface area contributed by atoms with Crippen molar-refractivity contribution in [1.29, 1.82) is 0 Å². The van der Waals surface area contributed by atoms with Crippen LogP contribution in [-0.4, -0.2) is 82.2 Å². The molecule has 72 valence electrons. The zero-order chi connectivity index (χ0) is 9.68. The molecule has 0 saturated heterocycles. The van der Waals surface area contributed by atoms with Crippen LogP contribution in [0.15, 0.2) is 30.3 Å². The molecule has 1 aromatic rings. The van der Waals surface area contributed by atoms with E-state index in [0.29, 0.717) is 5.56 Å². The second-order valence-corrected chi connectivity index (χ2v) is 2.48. The van der Waals surface area contributed by atoms with Gasteiger partial charge in [0.25, 0.3) is 0 Å². The molecule has 0 saturated carbocycles. The number of benzene rings is 1. The Morgan fingerprint density at radius 1 is 1.20 bits per heavy atom. The van der Waals surface area contributed by atoms with E-state index in [1.807, 2.05) is 0 Å². The summed E-state index contributed by atoms with van der Waals surface area (Å²) >= 11 is 0. The van der Waals surface area contributed by atoms with E-state index in [0.717, 1.165) is 0 Å². The summed E-state index contributed by atoms with van der Waals surface area (Å²) in [6.07, 6.45) is 0.207. The Kier molecular flexibility index (Phi) is 11.7. The Balaban J connectivity index is 0. The second-order valence-electron chi connectivity index (χ2n) is 2.48. The van der Waals surface area contributed by atoms with Crippen LogP contribution in [0.1, 0.15) is 23.7 Å². The van der Waals surface area contributed by atoms with Crippen LogP contribution in [0, 0.1) is 0 Å². The van der Waals surface area contributed by atoms with Crippen LogP contribution in [0.2, 0.25) is 0 Å². The first-order chi connectivity index (χ1) is 6.24. The first-order valence-electron chi connectivity index (χ1n) is 4.04. The molecule has 3 nitrogen and oxygen atoms in total. The van der Waals surface area contributed by atoms with E-state index in [9.17, 15) is 9.59 Å². The average molecular weight is 226 g/mol. The van der Waals surface area contributed by atoms with Gasteiger partial charge < -0.3 is 4.74 Å². The predicted octanol–water partition coefficient (Wildman–Crippen LogP) is 0.483. The molecule has 0 fully saturated rings. The van der Waals surface area contributed by atoms with Gasteiger partial charge in [0.1, 0.15) is 0 Å². The summed E-state index contributed by atoms with van der Waals surface area (Å²) in [6.45, 7) is 1.64. The summed E-state index contributed by atoms with van der Waals surface area (Å²) in [5, 5.41) is 0. The van der Waals surface area contributed by atoms with Gasteiger partial charge in [0.15, 0.2) is 0 Å². The molecule has 0 N–H and O–H groups in total. The van der Waals surface area contributed by atoms with Crippen molar-refractivity contribution in [2.45, 2.75) is 13.3 Å². The van der Waals surface area contributed by atoms with Gasteiger partial charge in [0.2, 0.25) is 0 Å².